The fraction of sp³-hybridized carbons (Fsp3) is 0.692. The van der Waals surface area contributed by atoms with E-state index >= 15 is 0 Å². The topological polar surface area (TPSA) is 41.2 Å². The van der Waals surface area contributed by atoms with Crippen LogP contribution in [0.3, 0.4) is 0 Å². The van der Waals surface area contributed by atoms with Gasteiger partial charge in [0.15, 0.2) is 0 Å². The summed E-state index contributed by atoms with van der Waals surface area (Å²) in [6, 6.07) is 0.533. The van der Waals surface area contributed by atoms with Gasteiger partial charge in [-0.05, 0) is 27.7 Å². The molecule has 0 radical (unpaired) electrons. The second-order valence-electron chi connectivity index (χ2n) is 5.13. The highest BCUT2D eigenvalue weighted by molar-refractivity contribution is 7.71. The van der Waals surface area contributed by atoms with Crippen molar-refractivity contribution in [3.8, 4) is 0 Å². The van der Waals surface area contributed by atoms with Crippen molar-refractivity contribution in [2.45, 2.75) is 39.8 Å². The Morgan fingerprint density at radius 1 is 1.44 bits per heavy atom. The van der Waals surface area contributed by atoms with Crippen molar-refractivity contribution in [2.75, 3.05) is 19.7 Å². The molecule has 100 valence electrons. The number of aromatic amines is 1. The van der Waals surface area contributed by atoms with Crippen LogP contribution in [0.4, 0.5) is 0 Å². The Labute approximate surface area is 113 Å². The van der Waals surface area contributed by atoms with Crippen LogP contribution in [0.2, 0.25) is 0 Å². The first-order valence-corrected chi connectivity index (χ1v) is 6.83. The average molecular weight is 267 g/mol. The number of aryl methyl sites for hydroxylation is 1. The van der Waals surface area contributed by atoms with E-state index in [4.69, 9.17) is 17.0 Å². The molecule has 0 aromatic carbocycles. The molecule has 0 bridgehead atoms. The minimum absolute atomic E-state index is 0.00199. The van der Waals surface area contributed by atoms with E-state index in [1.165, 1.54) is 0 Å². The normalized spacial score (nSPS) is 21.5. The molecule has 5 heteroatoms. The van der Waals surface area contributed by atoms with Crippen molar-refractivity contribution in [2.24, 2.45) is 0 Å². The molecule has 1 aromatic heterocycles. The van der Waals surface area contributed by atoms with E-state index < -0.39 is 0 Å². The third-order valence-corrected chi connectivity index (χ3v) is 3.95. The third kappa shape index (κ3) is 2.79. The Hall–Kier alpha value is -0.780. The molecule has 2 heterocycles. The molecule has 1 N–H and O–H groups in total. The number of hydrogen-bond acceptors (Lipinski definition) is 4. The van der Waals surface area contributed by atoms with E-state index in [2.05, 4.69) is 28.7 Å². The fourth-order valence-electron chi connectivity index (χ4n) is 2.12. The number of nitrogens with one attached hydrogen (secondary N) is 1. The maximum absolute atomic E-state index is 5.81. The molecule has 18 heavy (non-hydrogen) atoms. The molecule has 1 atom stereocenters. The molecule has 2 rings (SSSR count). The van der Waals surface area contributed by atoms with Crippen molar-refractivity contribution < 1.29 is 4.74 Å². The lowest BCUT2D eigenvalue weighted by Crippen LogP contribution is -2.42. The Morgan fingerprint density at radius 2 is 2.17 bits per heavy atom. The van der Waals surface area contributed by atoms with Gasteiger partial charge in [-0.25, -0.2) is 4.98 Å². The monoisotopic (exact) mass is 267 g/mol. The first-order valence-electron chi connectivity index (χ1n) is 6.42. The molecule has 0 aliphatic carbocycles. The Bertz CT molecular complexity index is 484. The van der Waals surface area contributed by atoms with Gasteiger partial charge in [0.1, 0.15) is 16.6 Å². The van der Waals surface area contributed by atoms with Crippen LogP contribution >= 0.6 is 12.2 Å². The minimum atomic E-state index is 0.00199. The van der Waals surface area contributed by atoms with Gasteiger partial charge in [0.25, 0.3) is 0 Å². The van der Waals surface area contributed by atoms with Gasteiger partial charge in [-0.2, -0.15) is 0 Å². The molecule has 1 aromatic rings. The van der Waals surface area contributed by atoms with E-state index in [1.54, 1.807) is 0 Å². The Kier molecular flexibility index (Phi) is 4.14. The van der Waals surface area contributed by atoms with Gasteiger partial charge in [-0.3, -0.25) is 4.90 Å². The first-order chi connectivity index (χ1) is 8.49. The van der Waals surface area contributed by atoms with E-state index in [0.717, 1.165) is 36.8 Å². The van der Waals surface area contributed by atoms with Crippen LogP contribution in [0.15, 0.2) is 0 Å². The lowest BCUT2D eigenvalue weighted by molar-refractivity contribution is -0.0444. The zero-order valence-corrected chi connectivity index (χ0v) is 12.3. The molecule has 1 aliphatic rings. The fourth-order valence-corrected chi connectivity index (χ4v) is 2.38. The number of nitrogens with zero attached hydrogens (tertiary/aromatic N) is 2. The van der Waals surface area contributed by atoms with Crippen molar-refractivity contribution in [1.29, 1.82) is 0 Å². The summed E-state index contributed by atoms with van der Waals surface area (Å²) in [6.07, 6.45) is 0.00199. The molecule has 1 fully saturated rings. The number of hydrogen-bond donors (Lipinski definition) is 1. The van der Waals surface area contributed by atoms with Crippen molar-refractivity contribution in [3.63, 3.8) is 0 Å². The van der Waals surface area contributed by atoms with E-state index in [-0.39, 0.29) is 6.10 Å². The second-order valence-corrected chi connectivity index (χ2v) is 5.51. The maximum atomic E-state index is 5.81. The van der Waals surface area contributed by atoms with Crippen LogP contribution in [0.25, 0.3) is 0 Å². The van der Waals surface area contributed by atoms with Gasteiger partial charge in [0.2, 0.25) is 0 Å². The van der Waals surface area contributed by atoms with Crippen molar-refractivity contribution >= 4 is 12.2 Å². The Balaban J connectivity index is 2.24. The highest BCUT2D eigenvalue weighted by atomic mass is 32.1. The average Bonchev–Trinajstić information content (AvgIpc) is 2.35. The van der Waals surface area contributed by atoms with E-state index in [9.17, 15) is 0 Å². The van der Waals surface area contributed by atoms with Crippen LogP contribution < -0.4 is 0 Å². The summed E-state index contributed by atoms with van der Waals surface area (Å²) < 4.78 is 6.49. The SMILES string of the molecule is Cc1[nH]c(C2CN(C(C)C)CCO2)nc(=S)c1C. The lowest BCUT2D eigenvalue weighted by atomic mass is 10.2. The third-order valence-electron chi connectivity index (χ3n) is 3.55. The van der Waals surface area contributed by atoms with Crippen LogP contribution in [0.1, 0.15) is 37.0 Å². The zero-order chi connectivity index (χ0) is 13.3. The summed E-state index contributed by atoms with van der Waals surface area (Å²) in [5, 5.41) is 0. The summed E-state index contributed by atoms with van der Waals surface area (Å²) in [6.45, 7) is 11.0. The lowest BCUT2D eigenvalue weighted by Gasteiger charge is -2.35. The summed E-state index contributed by atoms with van der Waals surface area (Å²) >= 11 is 5.28. The van der Waals surface area contributed by atoms with Crippen molar-refractivity contribution in [3.05, 3.63) is 21.7 Å². The molecule has 1 saturated heterocycles. The van der Waals surface area contributed by atoms with Gasteiger partial charge in [0.05, 0.1) is 6.61 Å². The van der Waals surface area contributed by atoms with Gasteiger partial charge in [-0.1, -0.05) is 12.2 Å². The largest absolute Gasteiger partial charge is 0.368 e. The van der Waals surface area contributed by atoms with E-state index in [1.807, 2.05) is 13.8 Å². The number of rotatable bonds is 2. The van der Waals surface area contributed by atoms with Gasteiger partial charge < -0.3 is 9.72 Å². The first kappa shape index (κ1) is 13.6. The van der Waals surface area contributed by atoms with Crippen molar-refractivity contribution in [1.82, 2.24) is 14.9 Å². The highest BCUT2D eigenvalue weighted by Crippen LogP contribution is 2.21. The van der Waals surface area contributed by atoms with Crippen LogP contribution in [0.5, 0.6) is 0 Å². The second kappa shape index (κ2) is 5.47. The predicted octanol–water partition coefficient (Wildman–Crippen LogP) is 2.54. The Morgan fingerprint density at radius 3 is 2.78 bits per heavy atom. The van der Waals surface area contributed by atoms with Gasteiger partial charge >= 0.3 is 0 Å². The van der Waals surface area contributed by atoms with Crippen LogP contribution in [-0.2, 0) is 4.74 Å². The molecular weight excluding hydrogens is 246 g/mol. The molecule has 0 amide bonds. The van der Waals surface area contributed by atoms with Crippen LogP contribution in [0, 0.1) is 18.5 Å². The summed E-state index contributed by atoms with van der Waals surface area (Å²) in [4.78, 5) is 10.2. The smallest absolute Gasteiger partial charge is 0.138 e. The molecule has 0 saturated carbocycles. The minimum Gasteiger partial charge on any atom is -0.368 e. The number of aromatic nitrogens is 2. The number of morpholine rings is 1. The predicted molar refractivity (Wildman–Crippen MR) is 74.3 cm³/mol. The molecule has 0 spiro atoms. The standard InChI is InChI=1S/C13H21N3OS/c1-8(2)16-5-6-17-11(7-16)12-14-10(4)9(3)13(18)15-12/h8,11H,5-7H2,1-4H3,(H,14,15,18). The van der Waals surface area contributed by atoms with Gasteiger partial charge in [-0.15, -0.1) is 0 Å². The van der Waals surface area contributed by atoms with E-state index in [0.29, 0.717) is 10.7 Å². The maximum Gasteiger partial charge on any atom is 0.138 e. The highest BCUT2D eigenvalue weighted by Gasteiger charge is 2.25. The number of H-pyrrole nitrogens is 1. The molecule has 1 unspecified atom stereocenters. The number of ether oxygens (including phenoxy) is 1. The quantitative estimate of drug-likeness (QED) is 0.836. The molecule has 4 nitrogen and oxygen atoms in total. The molecule has 1 aliphatic heterocycles. The van der Waals surface area contributed by atoms with Crippen LogP contribution in [-0.4, -0.2) is 40.6 Å². The summed E-state index contributed by atoms with van der Waals surface area (Å²) in [5.74, 6) is 0.855. The summed E-state index contributed by atoms with van der Waals surface area (Å²) in [7, 11) is 0. The van der Waals surface area contributed by atoms with Gasteiger partial charge in [0, 0.05) is 30.4 Å². The molecular formula is C13H21N3OS. The summed E-state index contributed by atoms with van der Waals surface area (Å²) in [5.41, 5.74) is 2.13. The zero-order valence-electron chi connectivity index (χ0n) is 11.5.